The number of rotatable bonds is 3. The fourth-order valence-electron chi connectivity index (χ4n) is 3.94. The van der Waals surface area contributed by atoms with Gasteiger partial charge in [-0.25, -0.2) is 0 Å². The molecule has 0 aliphatic carbocycles. The van der Waals surface area contributed by atoms with Crippen LogP contribution in [0.1, 0.15) is 23.6 Å². The highest BCUT2D eigenvalue weighted by Gasteiger charge is 2.35. The van der Waals surface area contributed by atoms with Crippen molar-refractivity contribution in [3.8, 4) is 17.2 Å². The van der Waals surface area contributed by atoms with Gasteiger partial charge in [0.25, 0.3) is 0 Å². The third-order valence-electron chi connectivity index (χ3n) is 5.37. The molecule has 4 rings (SSSR count). The van der Waals surface area contributed by atoms with E-state index in [2.05, 4.69) is 43.3 Å². The van der Waals surface area contributed by atoms with Crippen LogP contribution in [0.3, 0.4) is 0 Å². The molecule has 5 nitrogen and oxygen atoms in total. The summed E-state index contributed by atoms with van der Waals surface area (Å²) in [4.78, 5) is 3.89. The number of benzene rings is 1. The molecule has 0 amide bonds. The first-order chi connectivity index (χ1) is 11.7. The standard InChI is InChI=1S/C19H24N2O3/c1-20-8-5-4-6-14(20)11-15-17-13(7-9-21(15)2)10-16-18(19(17)22-3)24-12-23-16/h4-6,10,15H,7-9,11-12H2,1-3H3/p+1. The second kappa shape index (κ2) is 6.15. The molecule has 0 saturated heterocycles. The first kappa shape index (κ1) is 15.5. The maximum Gasteiger partial charge on any atom is 0.231 e. The minimum Gasteiger partial charge on any atom is -0.492 e. The maximum absolute atomic E-state index is 5.78. The Morgan fingerprint density at radius 3 is 3.04 bits per heavy atom. The van der Waals surface area contributed by atoms with Crippen LogP contribution in [0.4, 0.5) is 0 Å². The van der Waals surface area contributed by atoms with E-state index in [0.29, 0.717) is 6.04 Å². The van der Waals surface area contributed by atoms with Gasteiger partial charge in [-0.15, -0.1) is 0 Å². The first-order valence-electron chi connectivity index (χ1n) is 8.57. The minimum absolute atomic E-state index is 0.276. The lowest BCUT2D eigenvalue weighted by molar-refractivity contribution is -0.835. The van der Waals surface area contributed by atoms with Crippen LogP contribution in [0.2, 0.25) is 0 Å². The number of fused-ring (bicyclic) bond motifs is 2. The summed E-state index contributed by atoms with van der Waals surface area (Å²) in [5, 5.41) is 0. The van der Waals surface area contributed by atoms with Crippen molar-refractivity contribution < 1.29 is 19.1 Å². The third-order valence-corrected chi connectivity index (χ3v) is 5.37. The lowest BCUT2D eigenvalue weighted by Gasteiger charge is -2.36. The van der Waals surface area contributed by atoms with Gasteiger partial charge in [0.2, 0.25) is 12.5 Å². The Balaban J connectivity index is 1.77. The number of methoxy groups -OCH3 is 1. The van der Waals surface area contributed by atoms with E-state index < -0.39 is 0 Å². The van der Waals surface area contributed by atoms with Crippen molar-refractivity contribution in [2.75, 3.05) is 41.1 Å². The average molecular weight is 329 g/mol. The molecular weight excluding hydrogens is 304 g/mol. The third kappa shape index (κ3) is 2.48. The maximum atomic E-state index is 5.78. The van der Waals surface area contributed by atoms with Crippen LogP contribution in [0, 0.1) is 0 Å². The molecule has 5 heteroatoms. The summed E-state index contributed by atoms with van der Waals surface area (Å²) < 4.78 is 17.1. The van der Waals surface area contributed by atoms with Crippen molar-refractivity contribution in [1.29, 1.82) is 0 Å². The zero-order chi connectivity index (χ0) is 16.7. The van der Waals surface area contributed by atoms with Gasteiger partial charge >= 0.3 is 0 Å². The normalized spacial score (nSPS) is 25.4. The summed E-state index contributed by atoms with van der Waals surface area (Å²) in [6.07, 6.45) is 8.64. The molecule has 0 fully saturated rings. The van der Waals surface area contributed by atoms with Crippen molar-refractivity contribution in [2.45, 2.75) is 18.9 Å². The molecule has 2 atom stereocenters. The van der Waals surface area contributed by atoms with Gasteiger partial charge in [-0.2, -0.15) is 0 Å². The molecule has 3 heterocycles. The van der Waals surface area contributed by atoms with Crippen LogP contribution in [0.15, 0.2) is 30.0 Å². The van der Waals surface area contributed by atoms with Crippen LogP contribution in [0.5, 0.6) is 17.2 Å². The molecule has 0 radical (unpaired) electrons. The number of likely N-dealkylation sites (N-methyl/N-ethyl adjacent to an activating group) is 2. The zero-order valence-corrected chi connectivity index (χ0v) is 14.6. The van der Waals surface area contributed by atoms with Gasteiger partial charge in [0.05, 0.1) is 14.2 Å². The lowest BCUT2D eigenvalue weighted by Crippen LogP contribution is -3.07. The number of hydrogen-bond acceptors (Lipinski definition) is 4. The van der Waals surface area contributed by atoms with E-state index in [4.69, 9.17) is 14.2 Å². The van der Waals surface area contributed by atoms with Gasteiger partial charge in [0, 0.05) is 24.6 Å². The molecule has 1 aromatic rings. The smallest absolute Gasteiger partial charge is 0.231 e. The van der Waals surface area contributed by atoms with E-state index in [1.807, 2.05) is 0 Å². The molecule has 0 bridgehead atoms. The fourth-order valence-corrected chi connectivity index (χ4v) is 3.94. The Morgan fingerprint density at radius 2 is 2.25 bits per heavy atom. The van der Waals surface area contributed by atoms with E-state index in [9.17, 15) is 0 Å². The molecule has 0 aromatic heterocycles. The van der Waals surface area contributed by atoms with Crippen LogP contribution < -0.4 is 19.1 Å². The highest BCUT2D eigenvalue weighted by atomic mass is 16.7. The monoisotopic (exact) mass is 329 g/mol. The van der Waals surface area contributed by atoms with Gasteiger partial charge in [-0.05, 0) is 37.3 Å². The zero-order valence-electron chi connectivity index (χ0n) is 14.6. The van der Waals surface area contributed by atoms with Crippen molar-refractivity contribution >= 4 is 0 Å². The van der Waals surface area contributed by atoms with Crippen molar-refractivity contribution in [3.63, 3.8) is 0 Å². The number of quaternary nitrogens is 1. The Kier molecular flexibility index (Phi) is 3.98. The van der Waals surface area contributed by atoms with Crippen LogP contribution >= 0.6 is 0 Å². The summed E-state index contributed by atoms with van der Waals surface area (Å²) in [5.74, 6) is 2.42. The SMILES string of the molecule is COc1c2c(cc3c1C(CC1=CC=CC[NH+]1C)N(C)CC3)OCO2. The predicted molar refractivity (Wildman–Crippen MR) is 91.8 cm³/mol. The second-order valence-electron chi connectivity index (χ2n) is 6.77. The van der Waals surface area contributed by atoms with E-state index >= 15 is 0 Å². The molecule has 1 N–H and O–H groups in total. The molecule has 0 saturated carbocycles. The minimum atomic E-state index is 0.276. The highest BCUT2D eigenvalue weighted by molar-refractivity contribution is 5.61. The summed E-state index contributed by atoms with van der Waals surface area (Å²) in [7, 11) is 6.16. The number of ether oxygens (including phenoxy) is 3. The van der Waals surface area contributed by atoms with E-state index in [1.54, 1.807) is 7.11 Å². The van der Waals surface area contributed by atoms with Gasteiger partial charge in [0.1, 0.15) is 12.2 Å². The Morgan fingerprint density at radius 1 is 1.38 bits per heavy atom. The summed E-state index contributed by atoms with van der Waals surface area (Å²) in [6, 6.07) is 2.44. The summed E-state index contributed by atoms with van der Waals surface area (Å²) in [6.45, 7) is 2.37. The van der Waals surface area contributed by atoms with E-state index in [0.717, 1.165) is 43.2 Å². The molecule has 3 aliphatic heterocycles. The second-order valence-corrected chi connectivity index (χ2v) is 6.77. The van der Waals surface area contributed by atoms with Crippen LogP contribution in [-0.4, -0.2) is 46.0 Å². The van der Waals surface area contributed by atoms with Gasteiger partial charge in [0.15, 0.2) is 11.5 Å². The first-order valence-corrected chi connectivity index (χ1v) is 8.57. The molecule has 2 unspecified atom stereocenters. The van der Waals surface area contributed by atoms with Gasteiger partial charge in [-0.1, -0.05) is 6.08 Å². The average Bonchev–Trinajstić information content (AvgIpc) is 3.05. The Labute approximate surface area is 143 Å². The summed E-state index contributed by atoms with van der Waals surface area (Å²) >= 11 is 0. The highest BCUT2D eigenvalue weighted by Crippen LogP contribution is 2.50. The number of nitrogens with one attached hydrogen (secondary N) is 1. The van der Waals surface area contributed by atoms with Gasteiger partial charge in [-0.3, -0.25) is 4.90 Å². The summed E-state index contributed by atoms with van der Waals surface area (Å²) in [5.41, 5.74) is 4.02. The van der Waals surface area contributed by atoms with E-state index in [1.165, 1.54) is 21.7 Å². The predicted octanol–water partition coefficient (Wildman–Crippen LogP) is 1.31. The molecule has 0 spiro atoms. The van der Waals surface area contributed by atoms with Crippen LogP contribution in [0.25, 0.3) is 0 Å². The number of hydrogen-bond donors (Lipinski definition) is 1. The topological polar surface area (TPSA) is 35.4 Å². The number of nitrogens with zero attached hydrogens (tertiary/aromatic N) is 1. The molecular formula is C19H25N2O3+. The Hall–Kier alpha value is -1.98. The van der Waals surface area contributed by atoms with Crippen molar-refractivity contribution in [2.24, 2.45) is 0 Å². The molecule has 3 aliphatic rings. The Bertz CT molecular complexity index is 711. The fraction of sp³-hybridized carbons (Fsp3) is 0.474. The van der Waals surface area contributed by atoms with Crippen molar-refractivity contribution in [1.82, 2.24) is 4.90 Å². The quantitative estimate of drug-likeness (QED) is 0.907. The molecule has 24 heavy (non-hydrogen) atoms. The molecule has 1 aromatic carbocycles. The van der Waals surface area contributed by atoms with Gasteiger partial charge < -0.3 is 19.1 Å². The van der Waals surface area contributed by atoms with Crippen LogP contribution in [-0.2, 0) is 6.42 Å². The lowest BCUT2D eigenvalue weighted by atomic mass is 9.88. The molecule has 128 valence electrons. The number of allylic oxidation sites excluding steroid dienone is 2. The largest absolute Gasteiger partial charge is 0.492 e. The van der Waals surface area contributed by atoms with E-state index in [-0.39, 0.29) is 6.79 Å². The van der Waals surface area contributed by atoms with Crippen molar-refractivity contribution in [3.05, 3.63) is 41.1 Å².